The van der Waals surface area contributed by atoms with E-state index in [0.29, 0.717) is 59.0 Å². The van der Waals surface area contributed by atoms with Gasteiger partial charge in [-0.05, 0) is 74.1 Å². The van der Waals surface area contributed by atoms with E-state index in [1.165, 1.54) is 11.8 Å². The van der Waals surface area contributed by atoms with Crippen molar-refractivity contribution in [2.75, 3.05) is 32.1 Å². The number of methoxy groups -OCH3 is 1. The number of halogens is 1. The summed E-state index contributed by atoms with van der Waals surface area (Å²) in [5.74, 6) is -0.285. The van der Waals surface area contributed by atoms with E-state index >= 15 is 0 Å². The summed E-state index contributed by atoms with van der Waals surface area (Å²) in [5, 5.41) is 6.13. The second-order valence-corrected chi connectivity index (χ2v) is 11.5. The van der Waals surface area contributed by atoms with E-state index in [4.69, 9.17) is 26.1 Å². The first kappa shape index (κ1) is 29.7. The van der Waals surface area contributed by atoms with Crippen molar-refractivity contribution in [1.82, 2.24) is 9.80 Å². The third kappa shape index (κ3) is 6.34. The first-order valence-electron chi connectivity index (χ1n) is 13.9. The van der Waals surface area contributed by atoms with Gasteiger partial charge in [0, 0.05) is 29.5 Å². The van der Waals surface area contributed by atoms with Crippen molar-refractivity contribution in [2.24, 2.45) is 10.9 Å². The van der Waals surface area contributed by atoms with Crippen LogP contribution in [0.1, 0.15) is 44.7 Å². The van der Waals surface area contributed by atoms with Crippen molar-refractivity contribution >= 4 is 52.0 Å². The zero-order chi connectivity index (χ0) is 29.8. The number of nitrogens with zero attached hydrogens (tertiary/aromatic N) is 3. The number of amides is 2. The molecule has 11 heteroatoms. The van der Waals surface area contributed by atoms with E-state index in [1.54, 1.807) is 49.3 Å². The SMILES string of the molecule is CCOC(=O)[C@@H]1CCCN(C(=O)CC2=CSC3=NC(C)=C(C(=O)Nc4ccc(OC)cc4)[C@@H](c4cccc(Cl)c4)N23)C1. The van der Waals surface area contributed by atoms with Crippen molar-refractivity contribution in [3.63, 3.8) is 0 Å². The largest absolute Gasteiger partial charge is 0.497 e. The summed E-state index contributed by atoms with van der Waals surface area (Å²) in [7, 11) is 1.59. The highest BCUT2D eigenvalue weighted by Crippen LogP contribution is 2.45. The maximum Gasteiger partial charge on any atom is 0.310 e. The number of benzene rings is 2. The number of hydrogen-bond acceptors (Lipinski definition) is 8. The number of thioether (sulfide) groups is 1. The number of anilines is 1. The molecule has 2 amide bonds. The minimum Gasteiger partial charge on any atom is -0.497 e. The molecule has 0 bridgehead atoms. The van der Waals surface area contributed by atoms with E-state index < -0.39 is 6.04 Å². The highest BCUT2D eigenvalue weighted by molar-refractivity contribution is 8.16. The predicted octanol–water partition coefficient (Wildman–Crippen LogP) is 5.75. The van der Waals surface area contributed by atoms with Gasteiger partial charge in [-0.1, -0.05) is 35.5 Å². The minimum atomic E-state index is -0.558. The van der Waals surface area contributed by atoms with Crippen molar-refractivity contribution in [3.8, 4) is 5.75 Å². The standard InChI is InChI=1S/C31H33ClN4O5S/c1-4-41-30(39)21-8-6-14-35(17-21)26(37)16-24-18-42-31-33-19(2)27(28(36(24)31)20-7-5-9-22(32)15-20)29(38)34-23-10-12-25(40-3)13-11-23/h5,7,9-13,15,18,21,28H,4,6,8,14,16-17H2,1-3H3,(H,34,38)/t21-,28-/m1/s1. The summed E-state index contributed by atoms with van der Waals surface area (Å²) in [6, 6.07) is 13.9. The van der Waals surface area contributed by atoms with Crippen LogP contribution in [0.5, 0.6) is 5.75 Å². The number of piperidine rings is 1. The molecule has 3 aliphatic rings. The number of rotatable bonds is 8. The average Bonchev–Trinajstić information content (AvgIpc) is 3.38. The van der Waals surface area contributed by atoms with Crippen LogP contribution < -0.4 is 10.1 Å². The number of ether oxygens (including phenoxy) is 2. The first-order chi connectivity index (χ1) is 20.3. The third-order valence-electron chi connectivity index (χ3n) is 7.48. The molecular weight excluding hydrogens is 576 g/mol. The van der Waals surface area contributed by atoms with Crippen LogP contribution in [0.3, 0.4) is 0 Å². The number of esters is 1. The average molecular weight is 609 g/mol. The lowest BCUT2D eigenvalue weighted by Crippen LogP contribution is -2.44. The van der Waals surface area contributed by atoms with Crippen LogP contribution in [-0.4, -0.2) is 59.6 Å². The lowest BCUT2D eigenvalue weighted by Gasteiger charge is -2.37. The Morgan fingerprint density at radius 1 is 1.17 bits per heavy atom. The molecule has 2 aromatic rings. The van der Waals surface area contributed by atoms with E-state index in [-0.39, 0.29) is 30.1 Å². The van der Waals surface area contributed by atoms with E-state index in [1.807, 2.05) is 35.4 Å². The molecule has 220 valence electrons. The molecule has 1 N–H and O–H groups in total. The van der Waals surface area contributed by atoms with Crippen LogP contribution in [0.4, 0.5) is 5.69 Å². The molecular formula is C31H33ClN4O5S. The summed E-state index contributed by atoms with van der Waals surface area (Å²) in [6.07, 6.45) is 1.55. The monoisotopic (exact) mass is 608 g/mol. The molecule has 3 aliphatic heterocycles. The number of allylic oxidation sites excluding steroid dienone is 1. The van der Waals surface area contributed by atoms with Crippen LogP contribution >= 0.6 is 23.4 Å². The van der Waals surface area contributed by atoms with Gasteiger partial charge in [-0.25, -0.2) is 4.99 Å². The van der Waals surface area contributed by atoms with E-state index in [2.05, 4.69) is 5.32 Å². The molecule has 42 heavy (non-hydrogen) atoms. The van der Waals surface area contributed by atoms with Gasteiger partial charge >= 0.3 is 5.97 Å². The van der Waals surface area contributed by atoms with Crippen molar-refractivity contribution in [1.29, 1.82) is 0 Å². The van der Waals surface area contributed by atoms with Gasteiger partial charge in [-0.15, -0.1) is 0 Å². The molecule has 3 heterocycles. The number of likely N-dealkylation sites (tertiary alicyclic amines) is 1. The topological polar surface area (TPSA) is 101 Å². The smallest absolute Gasteiger partial charge is 0.310 e. The van der Waals surface area contributed by atoms with Gasteiger partial charge in [-0.2, -0.15) is 0 Å². The normalized spacial score (nSPS) is 20.0. The Morgan fingerprint density at radius 3 is 2.67 bits per heavy atom. The van der Waals surface area contributed by atoms with Gasteiger partial charge in [0.15, 0.2) is 5.17 Å². The third-order valence-corrected chi connectivity index (χ3v) is 8.61. The fourth-order valence-corrected chi connectivity index (χ4v) is 6.61. The zero-order valence-electron chi connectivity index (χ0n) is 23.8. The van der Waals surface area contributed by atoms with Gasteiger partial charge < -0.3 is 24.6 Å². The Labute approximate surface area is 254 Å². The Bertz CT molecular complexity index is 1470. The van der Waals surface area contributed by atoms with Gasteiger partial charge in [0.05, 0.1) is 43.4 Å². The lowest BCUT2D eigenvalue weighted by molar-refractivity contribution is -0.151. The number of amidine groups is 1. The Morgan fingerprint density at radius 2 is 1.95 bits per heavy atom. The summed E-state index contributed by atoms with van der Waals surface area (Å²) in [6.45, 7) is 4.84. The van der Waals surface area contributed by atoms with E-state index in [0.717, 1.165) is 17.7 Å². The summed E-state index contributed by atoms with van der Waals surface area (Å²) in [4.78, 5) is 48.2. The van der Waals surface area contributed by atoms with Crippen LogP contribution in [0.2, 0.25) is 5.02 Å². The molecule has 5 rings (SSSR count). The van der Waals surface area contributed by atoms with Crippen LogP contribution in [-0.2, 0) is 19.1 Å². The predicted molar refractivity (Wildman–Crippen MR) is 164 cm³/mol. The van der Waals surface area contributed by atoms with Crippen molar-refractivity contribution in [3.05, 3.63) is 81.5 Å². The number of hydrogen-bond donors (Lipinski definition) is 1. The molecule has 0 radical (unpaired) electrons. The molecule has 0 unspecified atom stereocenters. The second-order valence-electron chi connectivity index (χ2n) is 10.2. The van der Waals surface area contributed by atoms with Crippen LogP contribution in [0.25, 0.3) is 0 Å². The van der Waals surface area contributed by atoms with Crippen LogP contribution in [0, 0.1) is 5.92 Å². The number of aliphatic imine (C=N–C) groups is 1. The first-order valence-corrected chi connectivity index (χ1v) is 15.1. The van der Waals surface area contributed by atoms with Gasteiger partial charge in [0.1, 0.15) is 5.75 Å². The van der Waals surface area contributed by atoms with Gasteiger partial charge in [-0.3, -0.25) is 14.4 Å². The Hall–Kier alpha value is -3.76. The fourth-order valence-electron chi connectivity index (χ4n) is 5.45. The van der Waals surface area contributed by atoms with Crippen molar-refractivity contribution in [2.45, 2.75) is 39.2 Å². The quantitative estimate of drug-likeness (QED) is 0.381. The highest BCUT2D eigenvalue weighted by Gasteiger charge is 2.41. The molecule has 2 aromatic carbocycles. The molecule has 9 nitrogen and oxygen atoms in total. The maximum atomic E-state index is 13.8. The lowest BCUT2D eigenvalue weighted by atomic mass is 9.93. The molecule has 0 aromatic heterocycles. The minimum absolute atomic E-state index is 0.0857. The molecule has 1 fully saturated rings. The molecule has 0 aliphatic carbocycles. The van der Waals surface area contributed by atoms with Gasteiger partial charge in [0.2, 0.25) is 5.91 Å². The van der Waals surface area contributed by atoms with Gasteiger partial charge in [0.25, 0.3) is 5.91 Å². The summed E-state index contributed by atoms with van der Waals surface area (Å²) in [5.41, 5.74) is 3.19. The maximum absolute atomic E-state index is 13.8. The molecule has 0 saturated carbocycles. The Kier molecular flexibility index (Phi) is 9.23. The van der Waals surface area contributed by atoms with E-state index in [9.17, 15) is 14.4 Å². The summed E-state index contributed by atoms with van der Waals surface area (Å²) < 4.78 is 10.4. The molecule has 2 atom stereocenters. The number of carbonyl (C=O) groups excluding carboxylic acids is 3. The highest BCUT2D eigenvalue weighted by atomic mass is 35.5. The number of carbonyl (C=O) groups is 3. The molecule has 1 saturated heterocycles. The van der Waals surface area contributed by atoms with Crippen molar-refractivity contribution < 1.29 is 23.9 Å². The molecule has 0 spiro atoms. The number of fused-ring (bicyclic) bond motifs is 1. The zero-order valence-corrected chi connectivity index (χ0v) is 25.3. The van der Waals surface area contributed by atoms with Crippen LogP contribution in [0.15, 0.2) is 75.9 Å². The second kappa shape index (κ2) is 13.0. The fraction of sp³-hybridized carbons (Fsp3) is 0.355. The summed E-state index contributed by atoms with van der Waals surface area (Å²) >= 11 is 7.84. The Balaban J connectivity index is 1.42. The number of nitrogens with one attached hydrogen (secondary N) is 1.